The quantitative estimate of drug-likeness (QED) is 0.404. The molecule has 0 aliphatic heterocycles. The van der Waals surface area contributed by atoms with Crippen molar-refractivity contribution in [2.75, 3.05) is 47.5 Å². The first-order valence-corrected chi connectivity index (χ1v) is 7.26. The van der Waals surface area contributed by atoms with Gasteiger partial charge in [0, 0.05) is 26.7 Å². The van der Waals surface area contributed by atoms with E-state index in [1.165, 1.54) is 0 Å². The molecule has 5 nitrogen and oxygen atoms in total. The van der Waals surface area contributed by atoms with Gasteiger partial charge < -0.3 is 15.0 Å². The maximum atomic E-state index is 8.96. The molecule has 118 valence electrons. The van der Waals surface area contributed by atoms with E-state index < -0.39 is 0 Å². The van der Waals surface area contributed by atoms with Gasteiger partial charge in [0.2, 0.25) is 0 Å². The molecule has 0 aliphatic carbocycles. The predicted molar refractivity (Wildman–Crippen MR) is 88.2 cm³/mol. The van der Waals surface area contributed by atoms with E-state index in [0.29, 0.717) is 0 Å². The lowest BCUT2D eigenvalue weighted by Gasteiger charge is -2.21. The van der Waals surface area contributed by atoms with Crippen molar-refractivity contribution in [1.29, 1.82) is 0 Å². The minimum Gasteiger partial charge on any atom is -0.381 e. The summed E-state index contributed by atoms with van der Waals surface area (Å²) in [5, 5.41) is 10.6. The Balaban J connectivity index is 2.49. The molecule has 0 heterocycles. The van der Waals surface area contributed by atoms with Gasteiger partial charge in [-0.05, 0) is 26.1 Å². The van der Waals surface area contributed by atoms with Crippen LogP contribution in [0.1, 0.15) is 12.0 Å². The smallest absolute Gasteiger partial charge is 0.0954 e. The Labute approximate surface area is 128 Å². The Bertz CT molecular complexity index is 420. The number of hydrogen-bond acceptors (Lipinski definition) is 5. The second-order valence-electron chi connectivity index (χ2n) is 5.38. The summed E-state index contributed by atoms with van der Waals surface area (Å²) < 4.78 is 0. The molecule has 0 aromatic heterocycles. The topological polar surface area (TPSA) is 56.0 Å². The van der Waals surface area contributed by atoms with Crippen LogP contribution >= 0.6 is 0 Å². The van der Waals surface area contributed by atoms with Crippen molar-refractivity contribution in [1.82, 2.24) is 14.8 Å². The van der Waals surface area contributed by atoms with Crippen molar-refractivity contribution in [3.8, 4) is 0 Å². The van der Waals surface area contributed by atoms with E-state index in [2.05, 4.69) is 30.2 Å². The average Bonchev–Trinajstić information content (AvgIpc) is 2.49. The van der Waals surface area contributed by atoms with Crippen molar-refractivity contribution in [3.63, 3.8) is 0 Å². The highest BCUT2D eigenvalue weighted by Crippen LogP contribution is 2.15. The van der Waals surface area contributed by atoms with Gasteiger partial charge in [-0.2, -0.15) is 0 Å². The van der Waals surface area contributed by atoms with E-state index in [1.54, 1.807) is 5.01 Å². The van der Waals surface area contributed by atoms with Gasteiger partial charge in [-0.3, -0.25) is 4.90 Å². The average molecular weight is 292 g/mol. The maximum Gasteiger partial charge on any atom is 0.0954 e. The van der Waals surface area contributed by atoms with Gasteiger partial charge >= 0.3 is 0 Å². The van der Waals surface area contributed by atoms with E-state index in [9.17, 15) is 0 Å². The largest absolute Gasteiger partial charge is 0.381 e. The fraction of sp³-hybridized carbons (Fsp3) is 0.500. The summed E-state index contributed by atoms with van der Waals surface area (Å²) in [5.41, 5.74) is 2.17. The Morgan fingerprint density at radius 2 is 1.67 bits per heavy atom. The van der Waals surface area contributed by atoms with Crippen LogP contribution in [0.3, 0.4) is 0 Å². The molecule has 0 bridgehead atoms. The van der Waals surface area contributed by atoms with E-state index in [0.717, 1.165) is 37.3 Å². The highest BCUT2D eigenvalue weighted by molar-refractivity contribution is 5.63. The van der Waals surface area contributed by atoms with Crippen molar-refractivity contribution < 1.29 is 5.11 Å². The Morgan fingerprint density at radius 3 is 2.24 bits per heavy atom. The summed E-state index contributed by atoms with van der Waals surface area (Å²) in [4.78, 5) is 4.14. The molecule has 0 spiro atoms. The third-order valence-corrected chi connectivity index (χ3v) is 3.40. The summed E-state index contributed by atoms with van der Waals surface area (Å²) in [6.45, 7) is 2.86. The van der Waals surface area contributed by atoms with E-state index in [-0.39, 0.29) is 6.73 Å². The van der Waals surface area contributed by atoms with Crippen molar-refractivity contribution in [3.05, 3.63) is 42.0 Å². The van der Waals surface area contributed by atoms with Crippen LogP contribution in [0, 0.1) is 0 Å². The van der Waals surface area contributed by atoms with Gasteiger partial charge in [0.1, 0.15) is 0 Å². The van der Waals surface area contributed by atoms with Gasteiger partial charge in [0.15, 0.2) is 0 Å². The third-order valence-electron chi connectivity index (χ3n) is 3.40. The van der Waals surface area contributed by atoms with E-state index >= 15 is 0 Å². The Morgan fingerprint density at radius 1 is 1.05 bits per heavy atom. The molecule has 0 atom stereocenters. The summed E-state index contributed by atoms with van der Waals surface area (Å²) in [5.74, 6) is 5.92. The predicted octanol–water partition coefficient (Wildman–Crippen LogP) is 1.04. The number of rotatable bonds is 9. The van der Waals surface area contributed by atoms with Crippen LogP contribution in [0.2, 0.25) is 0 Å². The maximum absolute atomic E-state index is 8.96. The van der Waals surface area contributed by atoms with Gasteiger partial charge in [-0.1, -0.05) is 36.4 Å². The fourth-order valence-corrected chi connectivity index (χ4v) is 2.02. The SMILES string of the molecule is CN(CO)CCN(C)CC/C=C(/c1ccccc1)N(C)N. The first-order valence-electron chi connectivity index (χ1n) is 7.26. The number of benzene rings is 1. The summed E-state index contributed by atoms with van der Waals surface area (Å²) in [6, 6.07) is 10.2. The molecule has 0 saturated heterocycles. The first-order chi connectivity index (χ1) is 10.0. The minimum atomic E-state index is 0.101. The highest BCUT2D eigenvalue weighted by atomic mass is 16.3. The van der Waals surface area contributed by atoms with Crippen LogP contribution < -0.4 is 5.84 Å². The zero-order chi connectivity index (χ0) is 15.7. The summed E-state index contributed by atoms with van der Waals surface area (Å²) in [7, 11) is 5.86. The van der Waals surface area contributed by atoms with Crippen LogP contribution in [0.25, 0.3) is 5.70 Å². The first kappa shape index (κ1) is 17.7. The number of nitrogens with two attached hydrogens (primary N) is 1. The normalized spacial score (nSPS) is 12.2. The summed E-state index contributed by atoms with van der Waals surface area (Å²) in [6.07, 6.45) is 3.10. The molecule has 5 heteroatoms. The zero-order valence-corrected chi connectivity index (χ0v) is 13.4. The molecule has 0 saturated carbocycles. The molecule has 1 aromatic rings. The van der Waals surface area contributed by atoms with Crippen LogP contribution in [0.5, 0.6) is 0 Å². The lowest BCUT2D eigenvalue weighted by atomic mass is 10.1. The molecule has 3 N–H and O–H groups in total. The highest BCUT2D eigenvalue weighted by Gasteiger charge is 2.04. The van der Waals surface area contributed by atoms with Crippen LogP contribution in [-0.2, 0) is 0 Å². The van der Waals surface area contributed by atoms with Gasteiger partial charge in [0.05, 0.1) is 12.4 Å². The molecular formula is C16H28N4O. The molecule has 0 fully saturated rings. The lowest BCUT2D eigenvalue weighted by molar-refractivity contribution is 0.122. The Hall–Kier alpha value is -1.40. The van der Waals surface area contributed by atoms with E-state index in [1.807, 2.05) is 37.2 Å². The molecule has 0 radical (unpaired) electrons. The number of aliphatic hydroxyl groups excluding tert-OH is 1. The number of hydrazine groups is 1. The van der Waals surface area contributed by atoms with Crippen LogP contribution in [0.4, 0.5) is 0 Å². The zero-order valence-electron chi connectivity index (χ0n) is 13.4. The van der Waals surface area contributed by atoms with Gasteiger partial charge in [-0.15, -0.1) is 0 Å². The number of likely N-dealkylation sites (N-methyl/N-ethyl adjacent to an activating group) is 2. The number of nitrogens with zero attached hydrogens (tertiary/aromatic N) is 3. The lowest BCUT2D eigenvalue weighted by Crippen LogP contribution is -2.31. The van der Waals surface area contributed by atoms with Gasteiger partial charge in [-0.25, -0.2) is 5.84 Å². The molecule has 0 aliphatic rings. The molecule has 21 heavy (non-hydrogen) atoms. The number of hydrogen-bond donors (Lipinski definition) is 2. The molecule has 0 amide bonds. The van der Waals surface area contributed by atoms with E-state index in [4.69, 9.17) is 10.9 Å². The number of aliphatic hydroxyl groups is 1. The summed E-state index contributed by atoms with van der Waals surface area (Å²) >= 11 is 0. The third kappa shape index (κ3) is 6.73. The van der Waals surface area contributed by atoms with Crippen LogP contribution in [0.15, 0.2) is 36.4 Å². The fourth-order valence-electron chi connectivity index (χ4n) is 2.02. The molecular weight excluding hydrogens is 264 g/mol. The molecule has 1 aromatic carbocycles. The van der Waals surface area contributed by atoms with Crippen molar-refractivity contribution in [2.45, 2.75) is 6.42 Å². The molecule has 0 unspecified atom stereocenters. The monoisotopic (exact) mass is 292 g/mol. The molecule has 1 rings (SSSR count). The van der Waals surface area contributed by atoms with Crippen molar-refractivity contribution >= 4 is 5.70 Å². The second kappa shape index (κ2) is 9.52. The standard InChI is InChI=1S/C16H28N4O/c1-18(12-13-19(2)14-21)11-7-10-16(20(3)17)15-8-5-4-6-9-15/h4-6,8-10,21H,7,11-14,17H2,1-3H3/b16-10-. The van der Waals surface area contributed by atoms with Crippen molar-refractivity contribution in [2.24, 2.45) is 5.84 Å². The minimum absolute atomic E-state index is 0.101. The van der Waals surface area contributed by atoms with Crippen LogP contribution in [-0.4, -0.2) is 67.4 Å². The Kier molecular flexibility index (Phi) is 8.00. The van der Waals surface area contributed by atoms with Gasteiger partial charge in [0.25, 0.3) is 0 Å². The second-order valence-corrected chi connectivity index (χ2v) is 5.38.